The molecule has 0 bridgehead atoms. The molecule has 2 aromatic rings. The number of ether oxygens (including phenoxy) is 2. The maximum Gasteiger partial charge on any atom is 0.264 e. The monoisotopic (exact) mass is 378 g/mol. The molecule has 1 spiro atoms. The summed E-state index contributed by atoms with van der Waals surface area (Å²) in [5.74, 6) is 0.119. The standard InChI is InChI=1S/C18H22N2O3S2/c1-12-3-4-16(25-12)17(21)20-10-18(11-20)7-15(5-6-23-18)22-8-14-9-24-13(2)19-14/h3-4,9,15H,5-8,10-11H2,1-2H3/t15-/m1/s1. The molecular formula is C18H22N2O3S2. The van der Waals surface area contributed by atoms with Gasteiger partial charge in [-0.05, 0) is 32.4 Å². The number of carbonyl (C=O) groups excluding carboxylic acids is 1. The van der Waals surface area contributed by atoms with E-state index in [1.807, 2.05) is 30.9 Å². The average Bonchev–Trinajstić information content (AvgIpc) is 3.18. The van der Waals surface area contributed by atoms with E-state index in [1.54, 1.807) is 22.7 Å². The van der Waals surface area contributed by atoms with Crippen LogP contribution in [0.1, 0.15) is 38.1 Å². The lowest BCUT2D eigenvalue weighted by molar-refractivity contribution is -0.188. The highest BCUT2D eigenvalue weighted by molar-refractivity contribution is 7.13. The molecule has 2 aliphatic rings. The number of nitrogens with zero attached hydrogens (tertiary/aromatic N) is 2. The smallest absolute Gasteiger partial charge is 0.264 e. The van der Waals surface area contributed by atoms with Crippen LogP contribution in [0.15, 0.2) is 17.5 Å². The van der Waals surface area contributed by atoms with Crippen LogP contribution < -0.4 is 0 Å². The Kier molecular flexibility index (Phi) is 4.66. The highest BCUT2D eigenvalue weighted by atomic mass is 32.1. The second-order valence-electron chi connectivity index (χ2n) is 6.89. The van der Waals surface area contributed by atoms with Gasteiger partial charge in [0, 0.05) is 23.3 Å². The zero-order valence-corrected chi connectivity index (χ0v) is 16.1. The van der Waals surface area contributed by atoms with Crippen molar-refractivity contribution >= 4 is 28.6 Å². The SMILES string of the molecule is Cc1ccc(C(=O)N2CC3(C[C@H](OCc4csc(C)n4)CCO3)C2)s1. The number of thiophene rings is 1. The molecule has 2 aromatic heterocycles. The van der Waals surface area contributed by atoms with E-state index in [9.17, 15) is 4.79 Å². The highest BCUT2D eigenvalue weighted by Crippen LogP contribution is 2.36. The molecule has 0 aliphatic carbocycles. The van der Waals surface area contributed by atoms with Gasteiger partial charge in [-0.3, -0.25) is 4.79 Å². The quantitative estimate of drug-likeness (QED) is 0.818. The second-order valence-corrected chi connectivity index (χ2v) is 9.24. The number of likely N-dealkylation sites (tertiary alicyclic amines) is 1. The van der Waals surface area contributed by atoms with E-state index < -0.39 is 0 Å². The lowest BCUT2D eigenvalue weighted by atomic mass is 9.84. The van der Waals surface area contributed by atoms with Crippen molar-refractivity contribution in [1.82, 2.24) is 9.88 Å². The fraction of sp³-hybridized carbons (Fsp3) is 0.556. The molecule has 4 rings (SSSR count). The fourth-order valence-corrected chi connectivity index (χ4v) is 4.95. The summed E-state index contributed by atoms with van der Waals surface area (Å²) in [5.41, 5.74) is 0.782. The van der Waals surface area contributed by atoms with Gasteiger partial charge in [0.1, 0.15) is 5.60 Å². The van der Waals surface area contributed by atoms with Crippen molar-refractivity contribution in [3.63, 3.8) is 0 Å². The van der Waals surface area contributed by atoms with Crippen molar-refractivity contribution in [1.29, 1.82) is 0 Å². The first-order chi connectivity index (χ1) is 12.0. The number of amides is 1. The van der Waals surface area contributed by atoms with Crippen LogP contribution >= 0.6 is 22.7 Å². The average molecular weight is 379 g/mol. The van der Waals surface area contributed by atoms with Crippen molar-refractivity contribution in [2.45, 2.75) is 45.0 Å². The van der Waals surface area contributed by atoms with Gasteiger partial charge in [0.25, 0.3) is 5.91 Å². The third kappa shape index (κ3) is 3.65. The summed E-state index contributed by atoms with van der Waals surface area (Å²) in [6.07, 6.45) is 1.93. The van der Waals surface area contributed by atoms with Gasteiger partial charge in [0.05, 0.1) is 41.4 Å². The second kappa shape index (κ2) is 6.79. The zero-order chi connectivity index (χ0) is 17.4. The Bertz CT molecular complexity index is 764. The summed E-state index contributed by atoms with van der Waals surface area (Å²) < 4.78 is 12.1. The Morgan fingerprint density at radius 1 is 1.44 bits per heavy atom. The van der Waals surface area contributed by atoms with Crippen LogP contribution in [0.5, 0.6) is 0 Å². The Balaban J connectivity index is 1.30. The predicted octanol–water partition coefficient (Wildman–Crippen LogP) is 3.41. The van der Waals surface area contributed by atoms with Crippen molar-refractivity contribution < 1.29 is 14.3 Å². The predicted molar refractivity (Wildman–Crippen MR) is 98.3 cm³/mol. The van der Waals surface area contributed by atoms with Crippen LogP contribution in [-0.4, -0.2) is 47.2 Å². The third-order valence-corrected chi connectivity index (χ3v) is 6.59. The van der Waals surface area contributed by atoms with Crippen molar-refractivity contribution in [3.05, 3.63) is 38.0 Å². The van der Waals surface area contributed by atoms with Gasteiger partial charge >= 0.3 is 0 Å². The van der Waals surface area contributed by atoms with E-state index in [2.05, 4.69) is 10.4 Å². The van der Waals surface area contributed by atoms with Crippen molar-refractivity contribution in [3.8, 4) is 0 Å². The summed E-state index contributed by atoms with van der Waals surface area (Å²) >= 11 is 3.20. The molecule has 2 fully saturated rings. The van der Waals surface area contributed by atoms with Gasteiger partial charge in [-0.15, -0.1) is 22.7 Å². The minimum absolute atomic E-state index is 0.119. The topological polar surface area (TPSA) is 51.7 Å². The normalized spacial score (nSPS) is 22.2. The maximum absolute atomic E-state index is 12.5. The Morgan fingerprint density at radius 2 is 2.28 bits per heavy atom. The summed E-state index contributed by atoms with van der Waals surface area (Å²) in [6.45, 7) is 6.61. The Morgan fingerprint density at radius 3 is 2.96 bits per heavy atom. The minimum Gasteiger partial charge on any atom is -0.372 e. The van der Waals surface area contributed by atoms with Gasteiger partial charge in [0.15, 0.2) is 0 Å². The van der Waals surface area contributed by atoms with Crippen LogP contribution in [-0.2, 0) is 16.1 Å². The summed E-state index contributed by atoms with van der Waals surface area (Å²) in [5, 5.41) is 3.12. The molecule has 1 amide bonds. The van der Waals surface area contributed by atoms with Crippen LogP contribution in [0.3, 0.4) is 0 Å². The van der Waals surface area contributed by atoms with Gasteiger partial charge < -0.3 is 14.4 Å². The highest BCUT2D eigenvalue weighted by Gasteiger charge is 2.49. The number of carbonyl (C=O) groups is 1. The van der Waals surface area contributed by atoms with Crippen LogP contribution in [0.2, 0.25) is 0 Å². The van der Waals surface area contributed by atoms with Gasteiger partial charge in [-0.2, -0.15) is 0 Å². The van der Waals surface area contributed by atoms with Crippen LogP contribution in [0.25, 0.3) is 0 Å². The first-order valence-electron chi connectivity index (χ1n) is 8.55. The number of hydrogen-bond acceptors (Lipinski definition) is 6. The molecule has 25 heavy (non-hydrogen) atoms. The molecule has 1 atom stereocenters. The Labute approximate surface area is 155 Å². The van der Waals surface area contributed by atoms with Crippen LogP contribution in [0, 0.1) is 13.8 Å². The largest absolute Gasteiger partial charge is 0.372 e. The lowest BCUT2D eigenvalue weighted by Crippen LogP contribution is -2.67. The van der Waals surface area contributed by atoms with E-state index in [0.717, 1.165) is 28.4 Å². The lowest BCUT2D eigenvalue weighted by Gasteiger charge is -2.52. The number of aryl methyl sites for hydroxylation is 2. The number of rotatable bonds is 4. The van der Waals surface area contributed by atoms with E-state index >= 15 is 0 Å². The number of thiazole rings is 1. The van der Waals surface area contributed by atoms with Crippen molar-refractivity contribution in [2.24, 2.45) is 0 Å². The van der Waals surface area contributed by atoms with Gasteiger partial charge in [0.2, 0.25) is 0 Å². The molecule has 0 N–H and O–H groups in total. The third-order valence-electron chi connectivity index (χ3n) is 4.78. The molecule has 4 heterocycles. The van der Waals surface area contributed by atoms with Gasteiger partial charge in [-0.1, -0.05) is 0 Å². The first kappa shape index (κ1) is 17.1. The molecule has 0 radical (unpaired) electrons. The number of aromatic nitrogens is 1. The molecule has 134 valence electrons. The summed E-state index contributed by atoms with van der Waals surface area (Å²) in [6, 6.07) is 3.91. The van der Waals surface area contributed by atoms with E-state index in [-0.39, 0.29) is 17.6 Å². The minimum atomic E-state index is -0.219. The van der Waals surface area contributed by atoms with Crippen molar-refractivity contribution in [2.75, 3.05) is 19.7 Å². The molecule has 5 nitrogen and oxygen atoms in total. The maximum atomic E-state index is 12.5. The van der Waals surface area contributed by atoms with E-state index in [4.69, 9.17) is 9.47 Å². The molecule has 0 aromatic carbocycles. The van der Waals surface area contributed by atoms with E-state index in [1.165, 1.54) is 4.88 Å². The van der Waals surface area contributed by atoms with E-state index in [0.29, 0.717) is 26.3 Å². The molecule has 2 saturated heterocycles. The molecular weight excluding hydrogens is 356 g/mol. The zero-order valence-electron chi connectivity index (χ0n) is 14.5. The molecule has 0 saturated carbocycles. The molecule has 0 unspecified atom stereocenters. The Hall–Kier alpha value is -1.28. The summed E-state index contributed by atoms with van der Waals surface area (Å²) in [4.78, 5) is 20.8. The first-order valence-corrected chi connectivity index (χ1v) is 10.2. The molecule has 2 aliphatic heterocycles. The molecule has 7 heteroatoms. The number of hydrogen-bond donors (Lipinski definition) is 0. The fourth-order valence-electron chi connectivity index (χ4n) is 3.52. The summed E-state index contributed by atoms with van der Waals surface area (Å²) in [7, 11) is 0. The van der Waals surface area contributed by atoms with Crippen LogP contribution in [0.4, 0.5) is 0 Å². The van der Waals surface area contributed by atoms with Gasteiger partial charge in [-0.25, -0.2) is 4.98 Å².